The van der Waals surface area contributed by atoms with Crippen molar-refractivity contribution in [1.29, 1.82) is 0 Å². The van der Waals surface area contributed by atoms with Crippen molar-refractivity contribution in [3.05, 3.63) is 0 Å². The summed E-state index contributed by atoms with van der Waals surface area (Å²) in [6, 6.07) is 0. The van der Waals surface area contributed by atoms with Crippen LogP contribution < -0.4 is 0 Å². The first-order valence-electron chi connectivity index (χ1n) is 2.93. The predicted octanol–water partition coefficient (Wildman–Crippen LogP) is -0.555. The molecule has 12 heavy (non-hydrogen) atoms. The molecular weight excluding hydrogens is 195 g/mol. The molecule has 1 N–H and O–H groups in total. The van der Waals surface area contributed by atoms with Crippen LogP contribution in [0.1, 0.15) is 13.8 Å². The fraction of sp³-hybridized carbons (Fsp3) is 0.800. The van der Waals surface area contributed by atoms with E-state index >= 15 is 0 Å². The summed E-state index contributed by atoms with van der Waals surface area (Å²) in [5, 5.41) is -1.06. The van der Waals surface area contributed by atoms with Gasteiger partial charge in [-0.3, -0.25) is 9.35 Å². The number of hydrogen-bond acceptors (Lipinski definition) is 4. The van der Waals surface area contributed by atoms with E-state index in [1.54, 1.807) is 0 Å². The van der Waals surface area contributed by atoms with Gasteiger partial charge in [-0.15, -0.1) is 0 Å². The molecule has 5 nitrogen and oxygen atoms in total. The van der Waals surface area contributed by atoms with E-state index in [1.807, 2.05) is 0 Å². The number of rotatable bonds is 3. The van der Waals surface area contributed by atoms with Gasteiger partial charge >= 0.3 is 5.97 Å². The molecule has 0 heterocycles. The quantitative estimate of drug-likeness (QED) is 0.379. The first kappa shape index (κ1) is 14.9. The molecule has 0 saturated heterocycles. The second-order valence-corrected chi connectivity index (χ2v) is 3.96. The SMILES string of the molecule is CC(=O)OCC(C)S(=O)(=O)O.[Na]. The Morgan fingerprint density at radius 2 is 2.00 bits per heavy atom. The molecule has 0 amide bonds. The molecule has 7 heteroatoms. The molecule has 1 unspecified atom stereocenters. The molecule has 0 aliphatic rings. The van der Waals surface area contributed by atoms with Gasteiger partial charge in [0.05, 0.1) is 0 Å². The molecule has 0 bridgehead atoms. The monoisotopic (exact) mass is 205 g/mol. The van der Waals surface area contributed by atoms with Crippen molar-refractivity contribution in [3.8, 4) is 0 Å². The molecule has 0 rings (SSSR count). The van der Waals surface area contributed by atoms with E-state index in [1.165, 1.54) is 6.92 Å². The summed E-state index contributed by atoms with van der Waals surface area (Å²) in [4.78, 5) is 10.2. The summed E-state index contributed by atoms with van der Waals surface area (Å²) < 4.78 is 33.3. The van der Waals surface area contributed by atoms with Gasteiger partial charge in [-0.1, -0.05) is 0 Å². The van der Waals surface area contributed by atoms with Gasteiger partial charge in [-0.05, 0) is 6.92 Å². The summed E-state index contributed by atoms with van der Waals surface area (Å²) in [6.07, 6.45) is 0. The summed E-state index contributed by atoms with van der Waals surface area (Å²) in [6.45, 7) is 2.10. The standard InChI is InChI=1S/C5H10O5S.Na/c1-4(11(7,8)9)3-10-5(2)6;/h4H,3H2,1-2H3,(H,7,8,9);. The van der Waals surface area contributed by atoms with Crippen molar-refractivity contribution in [2.45, 2.75) is 19.1 Å². The van der Waals surface area contributed by atoms with Crippen LogP contribution in [0.15, 0.2) is 0 Å². The Morgan fingerprint density at radius 1 is 1.58 bits per heavy atom. The molecule has 0 aliphatic heterocycles. The molecule has 0 saturated carbocycles. The maximum absolute atomic E-state index is 10.3. The Bertz CT molecular complexity index is 234. The number of hydrogen-bond donors (Lipinski definition) is 1. The van der Waals surface area contributed by atoms with Crippen LogP contribution in [0.4, 0.5) is 0 Å². The number of carbonyl (C=O) groups excluding carboxylic acids is 1. The Morgan fingerprint density at radius 3 is 2.25 bits per heavy atom. The number of ether oxygens (including phenoxy) is 1. The molecule has 0 aromatic carbocycles. The van der Waals surface area contributed by atoms with Crippen LogP contribution in [0.2, 0.25) is 0 Å². The molecule has 1 atom stereocenters. The molecule has 0 aromatic heterocycles. The number of carbonyl (C=O) groups is 1. The van der Waals surface area contributed by atoms with Gasteiger partial charge < -0.3 is 4.74 Å². The van der Waals surface area contributed by atoms with Gasteiger partial charge in [-0.25, -0.2) is 0 Å². The number of esters is 1. The van der Waals surface area contributed by atoms with Crippen molar-refractivity contribution in [1.82, 2.24) is 0 Å². The van der Waals surface area contributed by atoms with Crippen LogP contribution in [0, 0.1) is 0 Å². The van der Waals surface area contributed by atoms with Gasteiger partial charge in [0.1, 0.15) is 11.9 Å². The third-order valence-electron chi connectivity index (χ3n) is 1.03. The second-order valence-electron chi connectivity index (χ2n) is 2.13. The van der Waals surface area contributed by atoms with Crippen molar-refractivity contribution in [2.24, 2.45) is 0 Å². The van der Waals surface area contributed by atoms with Crippen molar-refractivity contribution < 1.29 is 22.5 Å². The zero-order valence-corrected chi connectivity index (χ0v) is 10.1. The summed E-state index contributed by atoms with van der Waals surface area (Å²) in [5.41, 5.74) is 0. The maximum atomic E-state index is 10.3. The average Bonchev–Trinajstić information content (AvgIpc) is 1.80. The smallest absolute Gasteiger partial charge is 0.302 e. The fourth-order valence-electron chi connectivity index (χ4n) is 0.321. The first-order valence-corrected chi connectivity index (χ1v) is 4.44. The third-order valence-corrected chi connectivity index (χ3v) is 2.18. The normalized spacial score (nSPS) is 12.9. The van der Waals surface area contributed by atoms with Crippen molar-refractivity contribution >= 4 is 45.6 Å². The Labute approximate surface area is 93.5 Å². The molecule has 0 spiro atoms. The van der Waals surface area contributed by atoms with Crippen LogP contribution in [0.5, 0.6) is 0 Å². The molecule has 0 aliphatic carbocycles. The topological polar surface area (TPSA) is 80.7 Å². The summed E-state index contributed by atoms with van der Waals surface area (Å²) in [7, 11) is -4.08. The van der Waals surface area contributed by atoms with E-state index in [4.69, 9.17) is 4.55 Å². The average molecular weight is 205 g/mol. The van der Waals surface area contributed by atoms with Crippen LogP contribution in [0.25, 0.3) is 0 Å². The van der Waals surface area contributed by atoms with E-state index in [-0.39, 0.29) is 36.2 Å². The summed E-state index contributed by atoms with van der Waals surface area (Å²) in [5.74, 6) is -0.569. The molecular formula is C5H10NaO5S. The minimum absolute atomic E-state index is 0. The van der Waals surface area contributed by atoms with E-state index in [0.29, 0.717) is 0 Å². The van der Waals surface area contributed by atoms with Gasteiger partial charge in [0.25, 0.3) is 10.1 Å². The van der Waals surface area contributed by atoms with E-state index in [9.17, 15) is 13.2 Å². The van der Waals surface area contributed by atoms with Crippen molar-refractivity contribution in [2.75, 3.05) is 6.61 Å². The minimum atomic E-state index is -4.08. The van der Waals surface area contributed by atoms with E-state index in [0.717, 1.165) is 6.92 Å². The minimum Gasteiger partial charge on any atom is -0.464 e. The second kappa shape index (κ2) is 5.93. The van der Waals surface area contributed by atoms with E-state index < -0.39 is 21.3 Å². The van der Waals surface area contributed by atoms with Gasteiger partial charge in [-0.2, -0.15) is 8.42 Å². The Balaban J connectivity index is 0. The predicted molar refractivity (Wildman–Crippen MR) is 43.4 cm³/mol. The van der Waals surface area contributed by atoms with Gasteiger partial charge in [0.15, 0.2) is 0 Å². The zero-order chi connectivity index (χ0) is 9.07. The maximum Gasteiger partial charge on any atom is 0.302 e. The van der Waals surface area contributed by atoms with Crippen molar-refractivity contribution in [3.63, 3.8) is 0 Å². The summed E-state index contributed by atoms with van der Waals surface area (Å²) >= 11 is 0. The van der Waals surface area contributed by atoms with Gasteiger partial charge in [0.2, 0.25) is 0 Å². The molecule has 0 fully saturated rings. The molecule has 1 radical (unpaired) electrons. The van der Waals surface area contributed by atoms with Crippen LogP contribution in [-0.2, 0) is 19.6 Å². The van der Waals surface area contributed by atoms with Gasteiger partial charge in [0, 0.05) is 36.5 Å². The molecule has 0 aromatic rings. The Hall–Kier alpha value is 0.380. The largest absolute Gasteiger partial charge is 0.464 e. The van der Waals surface area contributed by atoms with Crippen LogP contribution in [0.3, 0.4) is 0 Å². The van der Waals surface area contributed by atoms with Crippen LogP contribution >= 0.6 is 0 Å². The molecule has 67 valence electrons. The Kier molecular flexibility index (Phi) is 7.35. The fourth-order valence-corrected chi connectivity index (χ4v) is 0.561. The zero-order valence-electron chi connectivity index (χ0n) is 7.27. The third kappa shape index (κ3) is 7.05. The first-order chi connectivity index (χ1) is 4.84. The van der Waals surface area contributed by atoms with Crippen LogP contribution in [-0.4, -0.2) is 60.4 Å². The van der Waals surface area contributed by atoms with E-state index in [2.05, 4.69) is 4.74 Å².